The molecule has 5 nitrogen and oxygen atoms in total. The molecule has 0 saturated carbocycles. The Morgan fingerprint density at radius 1 is 1.08 bits per heavy atom. The van der Waals surface area contributed by atoms with Crippen LogP contribution in [-0.2, 0) is 33.9 Å². The topological polar surface area (TPSA) is 49.9 Å². The van der Waals surface area contributed by atoms with Crippen molar-refractivity contribution in [3.8, 4) is 0 Å². The minimum atomic E-state index is -4.78. The highest BCUT2D eigenvalue weighted by atomic mass is 32.2. The molecule has 0 aliphatic carbocycles. The van der Waals surface area contributed by atoms with Crippen molar-refractivity contribution in [2.24, 2.45) is 0 Å². The lowest BCUT2D eigenvalue weighted by Gasteiger charge is -2.31. The zero-order valence-corrected chi connectivity index (χ0v) is 20.9. The van der Waals surface area contributed by atoms with E-state index >= 15 is 0 Å². The average molecular weight is 535 g/mol. The fourth-order valence-corrected chi connectivity index (χ4v) is 5.15. The third kappa shape index (κ3) is 8.50. The van der Waals surface area contributed by atoms with Gasteiger partial charge in [0.2, 0.25) is 10.0 Å². The molecule has 1 aliphatic rings. The Morgan fingerprint density at radius 3 is 2.47 bits per heavy atom. The van der Waals surface area contributed by atoms with E-state index in [0.29, 0.717) is 52.0 Å². The van der Waals surface area contributed by atoms with E-state index in [1.165, 1.54) is 34.8 Å². The second kappa shape index (κ2) is 12.4. The zero-order valence-electron chi connectivity index (χ0n) is 20.1. The van der Waals surface area contributed by atoms with Gasteiger partial charge in [-0.05, 0) is 49.4 Å². The summed E-state index contributed by atoms with van der Waals surface area (Å²) in [5.41, 5.74) is -0.499. The van der Waals surface area contributed by atoms with E-state index in [1.807, 2.05) is 4.90 Å². The minimum absolute atomic E-state index is 0.0256. The van der Waals surface area contributed by atoms with Crippen LogP contribution in [0.5, 0.6) is 0 Å². The fraction of sp³-hybridized carbons (Fsp3) is 0.520. The average Bonchev–Trinajstić information content (AvgIpc) is 2.81. The lowest BCUT2D eigenvalue weighted by atomic mass is 10.1. The van der Waals surface area contributed by atoms with Gasteiger partial charge in [-0.1, -0.05) is 24.3 Å². The largest absolute Gasteiger partial charge is 0.419 e. The molecule has 0 amide bonds. The van der Waals surface area contributed by atoms with Gasteiger partial charge >= 0.3 is 6.18 Å². The first-order valence-electron chi connectivity index (χ1n) is 11.8. The molecule has 1 saturated heterocycles. The first-order valence-corrected chi connectivity index (χ1v) is 13.7. The van der Waals surface area contributed by atoms with Crippen LogP contribution >= 0.6 is 0 Å². The van der Waals surface area contributed by atoms with Gasteiger partial charge in [0.1, 0.15) is 11.6 Å². The van der Waals surface area contributed by atoms with Crippen molar-refractivity contribution >= 4 is 10.0 Å². The molecule has 1 aliphatic heterocycles. The van der Waals surface area contributed by atoms with Gasteiger partial charge in [0.25, 0.3) is 0 Å². The lowest BCUT2D eigenvalue weighted by Crippen LogP contribution is -2.42. The second-order valence-electron chi connectivity index (χ2n) is 9.04. The standard InChI is InChI=1S/C25H31F5N2O3S/c1-36(33,34)32-14-3-6-22(18-32)35-16-4-13-31(15-12-19-8-10-21(26)11-9-19)17-20-5-2-7-23(24(20)27)25(28,29)30/h2,5,7-11,22H,3-4,6,12-18H2,1H3. The minimum Gasteiger partial charge on any atom is -0.377 e. The van der Waals surface area contributed by atoms with Crippen molar-refractivity contribution in [3.63, 3.8) is 0 Å². The Bertz CT molecular complexity index is 1090. The molecule has 11 heteroatoms. The molecule has 3 rings (SSSR count). The number of sulfonamides is 1. The van der Waals surface area contributed by atoms with Crippen LogP contribution in [0.15, 0.2) is 42.5 Å². The molecule has 36 heavy (non-hydrogen) atoms. The fourth-order valence-electron chi connectivity index (χ4n) is 4.25. The summed E-state index contributed by atoms with van der Waals surface area (Å²) in [5.74, 6) is -1.65. The quantitative estimate of drug-likeness (QED) is 0.305. The van der Waals surface area contributed by atoms with Crippen LogP contribution < -0.4 is 0 Å². The van der Waals surface area contributed by atoms with E-state index in [0.717, 1.165) is 18.1 Å². The molecule has 2 aromatic rings. The van der Waals surface area contributed by atoms with Gasteiger partial charge in [-0.25, -0.2) is 17.2 Å². The third-order valence-corrected chi connectivity index (χ3v) is 7.46. The Morgan fingerprint density at radius 2 is 1.81 bits per heavy atom. The molecule has 1 unspecified atom stereocenters. The molecule has 200 valence electrons. The van der Waals surface area contributed by atoms with E-state index in [-0.39, 0.29) is 24.0 Å². The molecule has 1 heterocycles. The Hall–Kier alpha value is -2.08. The van der Waals surface area contributed by atoms with Gasteiger partial charge in [-0.2, -0.15) is 17.5 Å². The number of hydrogen-bond donors (Lipinski definition) is 0. The highest BCUT2D eigenvalue weighted by molar-refractivity contribution is 7.88. The highest BCUT2D eigenvalue weighted by Crippen LogP contribution is 2.32. The Balaban J connectivity index is 1.61. The number of alkyl halides is 3. The van der Waals surface area contributed by atoms with Crippen molar-refractivity contribution in [1.29, 1.82) is 0 Å². The summed E-state index contributed by atoms with van der Waals surface area (Å²) in [7, 11) is -3.29. The van der Waals surface area contributed by atoms with Crippen molar-refractivity contribution in [2.45, 2.75) is 44.5 Å². The smallest absolute Gasteiger partial charge is 0.377 e. The van der Waals surface area contributed by atoms with Crippen LogP contribution in [0.2, 0.25) is 0 Å². The maximum absolute atomic E-state index is 14.6. The summed E-state index contributed by atoms with van der Waals surface area (Å²) in [6, 6.07) is 9.20. The molecule has 0 aromatic heterocycles. The maximum Gasteiger partial charge on any atom is 0.419 e. The number of halogens is 5. The summed E-state index contributed by atoms with van der Waals surface area (Å²) in [6.45, 7) is 1.93. The van der Waals surface area contributed by atoms with Gasteiger partial charge in [0.05, 0.1) is 17.9 Å². The van der Waals surface area contributed by atoms with Crippen LogP contribution in [0.3, 0.4) is 0 Å². The van der Waals surface area contributed by atoms with Crippen LogP contribution in [0, 0.1) is 11.6 Å². The van der Waals surface area contributed by atoms with E-state index in [4.69, 9.17) is 4.74 Å². The monoisotopic (exact) mass is 534 g/mol. The highest BCUT2D eigenvalue weighted by Gasteiger charge is 2.35. The summed E-state index contributed by atoms with van der Waals surface area (Å²) in [5, 5.41) is 0. The third-order valence-electron chi connectivity index (χ3n) is 6.19. The van der Waals surface area contributed by atoms with Crippen molar-refractivity contribution in [3.05, 3.63) is 70.8 Å². The predicted molar refractivity (Wildman–Crippen MR) is 127 cm³/mol. The van der Waals surface area contributed by atoms with E-state index in [9.17, 15) is 30.4 Å². The van der Waals surface area contributed by atoms with Crippen molar-refractivity contribution in [1.82, 2.24) is 9.21 Å². The first-order chi connectivity index (χ1) is 16.9. The predicted octanol–water partition coefficient (Wildman–Crippen LogP) is 4.86. The summed E-state index contributed by atoms with van der Waals surface area (Å²) < 4.78 is 98.1. The number of hydrogen-bond acceptors (Lipinski definition) is 4. The molecular weight excluding hydrogens is 503 g/mol. The van der Waals surface area contributed by atoms with Crippen molar-refractivity contribution in [2.75, 3.05) is 39.0 Å². The number of ether oxygens (including phenoxy) is 1. The number of nitrogens with zero attached hydrogens (tertiary/aromatic N) is 2. The van der Waals surface area contributed by atoms with E-state index in [2.05, 4.69) is 0 Å². The molecule has 0 radical (unpaired) electrons. The van der Waals surface area contributed by atoms with Gasteiger partial charge in [-0.3, -0.25) is 4.90 Å². The maximum atomic E-state index is 14.6. The van der Waals surface area contributed by atoms with E-state index in [1.54, 1.807) is 12.1 Å². The van der Waals surface area contributed by atoms with Gasteiger partial charge in [0, 0.05) is 44.9 Å². The number of piperidine rings is 1. The molecular formula is C25H31F5N2O3S. The Labute approximate surface area is 208 Å². The second-order valence-corrected chi connectivity index (χ2v) is 11.0. The van der Waals surface area contributed by atoms with E-state index < -0.39 is 27.6 Å². The van der Waals surface area contributed by atoms with Crippen LogP contribution in [0.4, 0.5) is 22.0 Å². The Kier molecular flexibility index (Phi) is 9.85. The summed E-state index contributed by atoms with van der Waals surface area (Å²) in [6.07, 6.45) is -1.35. The van der Waals surface area contributed by atoms with Gasteiger partial charge < -0.3 is 4.74 Å². The molecule has 0 bridgehead atoms. The SMILES string of the molecule is CS(=O)(=O)N1CCCC(OCCCN(CCc2ccc(F)cc2)Cc2cccc(C(F)(F)F)c2F)C1. The molecule has 1 fully saturated rings. The molecule has 2 aromatic carbocycles. The zero-order chi connectivity index (χ0) is 26.3. The van der Waals surface area contributed by atoms with Crippen molar-refractivity contribution < 1.29 is 35.1 Å². The van der Waals surface area contributed by atoms with Crippen LogP contribution in [0.25, 0.3) is 0 Å². The van der Waals surface area contributed by atoms with Crippen LogP contribution in [-0.4, -0.2) is 62.8 Å². The van der Waals surface area contributed by atoms with Gasteiger partial charge in [-0.15, -0.1) is 0 Å². The normalized spacial score (nSPS) is 17.6. The van der Waals surface area contributed by atoms with Gasteiger partial charge in [0.15, 0.2) is 0 Å². The summed E-state index contributed by atoms with van der Waals surface area (Å²) >= 11 is 0. The van der Waals surface area contributed by atoms with Crippen LogP contribution in [0.1, 0.15) is 36.0 Å². The molecule has 1 atom stereocenters. The number of benzene rings is 2. The molecule has 0 spiro atoms. The first kappa shape index (κ1) is 28.5. The number of rotatable bonds is 11. The lowest BCUT2D eigenvalue weighted by molar-refractivity contribution is -0.140. The molecule has 0 N–H and O–H groups in total. The summed E-state index contributed by atoms with van der Waals surface area (Å²) in [4.78, 5) is 1.84.